The predicted molar refractivity (Wildman–Crippen MR) is 84.1 cm³/mol. The first kappa shape index (κ1) is 12.6. The molecular weight excluding hydrogens is 250 g/mol. The van der Waals surface area contributed by atoms with Crippen LogP contribution in [-0.2, 0) is 0 Å². The summed E-state index contributed by atoms with van der Waals surface area (Å²) in [5.74, 6) is 0.738. The van der Waals surface area contributed by atoms with Crippen LogP contribution in [0.4, 0.5) is 5.69 Å². The Hall–Kier alpha value is -1.41. The molecule has 98 valence electrons. The van der Waals surface area contributed by atoms with E-state index in [4.69, 9.17) is 0 Å². The smallest absolute Gasteiger partial charge is 0.0353 e. The molecular formula is C17H19NS. The topological polar surface area (TPSA) is 12.0 Å². The van der Waals surface area contributed by atoms with Crippen LogP contribution in [0.5, 0.6) is 0 Å². The van der Waals surface area contributed by atoms with E-state index < -0.39 is 0 Å². The van der Waals surface area contributed by atoms with Crippen LogP contribution in [0.25, 0.3) is 0 Å². The predicted octanol–water partition coefficient (Wildman–Crippen LogP) is 4.77. The van der Waals surface area contributed by atoms with Crippen molar-refractivity contribution in [1.82, 2.24) is 0 Å². The fourth-order valence-electron chi connectivity index (χ4n) is 2.68. The van der Waals surface area contributed by atoms with Gasteiger partial charge in [0.15, 0.2) is 0 Å². The van der Waals surface area contributed by atoms with Gasteiger partial charge in [-0.1, -0.05) is 36.4 Å². The van der Waals surface area contributed by atoms with Gasteiger partial charge >= 0.3 is 0 Å². The molecule has 0 saturated heterocycles. The number of rotatable bonds is 4. The van der Waals surface area contributed by atoms with E-state index in [1.54, 1.807) is 11.8 Å². The molecule has 0 bridgehead atoms. The third-order valence-corrected chi connectivity index (χ3v) is 4.57. The van der Waals surface area contributed by atoms with Gasteiger partial charge in [-0.2, -0.15) is 0 Å². The molecule has 0 aliphatic heterocycles. The van der Waals surface area contributed by atoms with Gasteiger partial charge in [0, 0.05) is 16.6 Å². The van der Waals surface area contributed by atoms with Gasteiger partial charge in [0.25, 0.3) is 0 Å². The number of thioether (sulfide) groups is 1. The Morgan fingerprint density at radius 3 is 2.53 bits per heavy atom. The van der Waals surface area contributed by atoms with Gasteiger partial charge in [-0.3, -0.25) is 0 Å². The maximum atomic E-state index is 3.64. The van der Waals surface area contributed by atoms with Gasteiger partial charge in [-0.15, -0.1) is 11.8 Å². The highest BCUT2D eigenvalue weighted by Crippen LogP contribution is 2.38. The SMILES string of the molecule is CSc1cccc(NC2CC(c3ccccc3)C2)c1. The van der Waals surface area contributed by atoms with Gasteiger partial charge in [0.2, 0.25) is 0 Å². The van der Waals surface area contributed by atoms with Gasteiger partial charge in [-0.25, -0.2) is 0 Å². The van der Waals surface area contributed by atoms with Crippen LogP contribution in [0.2, 0.25) is 0 Å². The third kappa shape index (κ3) is 2.95. The van der Waals surface area contributed by atoms with Crippen molar-refractivity contribution in [3.05, 3.63) is 60.2 Å². The molecule has 19 heavy (non-hydrogen) atoms. The minimum absolute atomic E-state index is 0.627. The van der Waals surface area contributed by atoms with Crippen LogP contribution >= 0.6 is 11.8 Å². The monoisotopic (exact) mass is 269 g/mol. The van der Waals surface area contributed by atoms with Gasteiger partial charge < -0.3 is 5.32 Å². The van der Waals surface area contributed by atoms with E-state index in [9.17, 15) is 0 Å². The van der Waals surface area contributed by atoms with Crippen molar-refractivity contribution in [2.24, 2.45) is 0 Å². The van der Waals surface area contributed by atoms with Crippen LogP contribution in [0.3, 0.4) is 0 Å². The fourth-order valence-corrected chi connectivity index (χ4v) is 3.14. The average Bonchev–Trinajstić information content (AvgIpc) is 2.43. The van der Waals surface area contributed by atoms with E-state index in [-0.39, 0.29) is 0 Å². The standard InChI is InChI=1S/C17H19NS/c1-19-17-9-5-8-15(12-17)18-16-10-14(11-16)13-6-3-2-4-7-13/h2-9,12,14,16,18H,10-11H2,1H3. The molecule has 1 fully saturated rings. The molecule has 2 aromatic carbocycles. The highest BCUT2D eigenvalue weighted by Gasteiger charge is 2.29. The van der Waals surface area contributed by atoms with Crippen molar-refractivity contribution in [3.8, 4) is 0 Å². The van der Waals surface area contributed by atoms with Gasteiger partial charge in [-0.05, 0) is 48.8 Å². The number of benzene rings is 2. The summed E-state index contributed by atoms with van der Waals surface area (Å²) >= 11 is 1.79. The lowest BCUT2D eigenvalue weighted by molar-refractivity contribution is 0.374. The first-order valence-corrected chi connectivity index (χ1v) is 8.03. The number of nitrogens with one attached hydrogen (secondary N) is 1. The van der Waals surface area contributed by atoms with Crippen LogP contribution in [0.15, 0.2) is 59.5 Å². The summed E-state index contributed by atoms with van der Waals surface area (Å²) < 4.78 is 0. The zero-order valence-electron chi connectivity index (χ0n) is 11.2. The summed E-state index contributed by atoms with van der Waals surface area (Å²) in [5, 5.41) is 3.64. The molecule has 2 aromatic rings. The second-order valence-electron chi connectivity index (χ2n) is 5.15. The summed E-state index contributed by atoms with van der Waals surface area (Å²) in [6.45, 7) is 0. The second-order valence-corrected chi connectivity index (χ2v) is 6.03. The molecule has 0 heterocycles. The molecule has 1 saturated carbocycles. The Labute approximate surface area is 119 Å². The lowest BCUT2D eigenvalue weighted by Gasteiger charge is -2.37. The minimum Gasteiger partial charge on any atom is -0.382 e. The Bertz CT molecular complexity index is 532. The molecule has 3 rings (SSSR count). The largest absolute Gasteiger partial charge is 0.382 e. The maximum Gasteiger partial charge on any atom is 0.0353 e. The fraction of sp³-hybridized carbons (Fsp3) is 0.294. The molecule has 1 aliphatic carbocycles. The van der Waals surface area contributed by atoms with Gasteiger partial charge in [0.1, 0.15) is 0 Å². The highest BCUT2D eigenvalue weighted by atomic mass is 32.2. The first-order chi connectivity index (χ1) is 9.35. The normalized spacial score (nSPS) is 21.7. The van der Waals surface area contributed by atoms with Crippen LogP contribution in [0, 0.1) is 0 Å². The van der Waals surface area contributed by atoms with E-state index in [1.165, 1.54) is 29.0 Å². The zero-order valence-corrected chi connectivity index (χ0v) is 12.0. The van der Waals surface area contributed by atoms with Crippen molar-refractivity contribution in [2.45, 2.75) is 29.7 Å². The van der Waals surface area contributed by atoms with Crippen molar-refractivity contribution >= 4 is 17.4 Å². The molecule has 1 N–H and O–H groups in total. The van der Waals surface area contributed by atoms with E-state index in [0.29, 0.717) is 6.04 Å². The van der Waals surface area contributed by atoms with E-state index in [0.717, 1.165) is 5.92 Å². The van der Waals surface area contributed by atoms with Crippen molar-refractivity contribution in [1.29, 1.82) is 0 Å². The van der Waals surface area contributed by atoms with E-state index in [1.807, 2.05) is 0 Å². The van der Waals surface area contributed by atoms with Crippen molar-refractivity contribution in [3.63, 3.8) is 0 Å². The number of anilines is 1. The molecule has 0 unspecified atom stereocenters. The summed E-state index contributed by atoms with van der Waals surface area (Å²) in [7, 11) is 0. The van der Waals surface area contributed by atoms with Crippen molar-refractivity contribution in [2.75, 3.05) is 11.6 Å². The molecule has 2 heteroatoms. The molecule has 0 spiro atoms. The lowest BCUT2D eigenvalue weighted by atomic mass is 9.76. The Kier molecular flexibility index (Phi) is 3.79. The molecule has 1 aliphatic rings. The molecule has 0 radical (unpaired) electrons. The second kappa shape index (κ2) is 5.70. The zero-order chi connectivity index (χ0) is 13.1. The highest BCUT2D eigenvalue weighted by molar-refractivity contribution is 7.98. The van der Waals surface area contributed by atoms with Crippen LogP contribution < -0.4 is 5.32 Å². The van der Waals surface area contributed by atoms with E-state index >= 15 is 0 Å². The molecule has 0 amide bonds. The summed E-state index contributed by atoms with van der Waals surface area (Å²) in [6.07, 6.45) is 4.61. The quantitative estimate of drug-likeness (QED) is 0.803. The number of hydrogen-bond acceptors (Lipinski definition) is 2. The minimum atomic E-state index is 0.627. The van der Waals surface area contributed by atoms with E-state index in [2.05, 4.69) is 66.2 Å². The maximum absolute atomic E-state index is 3.64. The molecule has 0 aromatic heterocycles. The summed E-state index contributed by atoms with van der Waals surface area (Å²) in [5.41, 5.74) is 2.74. The summed E-state index contributed by atoms with van der Waals surface area (Å²) in [4.78, 5) is 1.32. The van der Waals surface area contributed by atoms with Crippen LogP contribution in [-0.4, -0.2) is 12.3 Å². The third-order valence-electron chi connectivity index (χ3n) is 3.85. The Morgan fingerprint density at radius 1 is 1.00 bits per heavy atom. The van der Waals surface area contributed by atoms with Crippen molar-refractivity contribution < 1.29 is 0 Å². The molecule has 1 nitrogen and oxygen atoms in total. The Morgan fingerprint density at radius 2 is 1.79 bits per heavy atom. The average molecular weight is 269 g/mol. The van der Waals surface area contributed by atoms with Gasteiger partial charge in [0.05, 0.1) is 0 Å². The number of hydrogen-bond donors (Lipinski definition) is 1. The summed E-state index contributed by atoms with van der Waals surface area (Å²) in [6, 6.07) is 20.2. The van der Waals surface area contributed by atoms with Crippen LogP contribution in [0.1, 0.15) is 24.3 Å². The molecule has 0 atom stereocenters. The Balaban J connectivity index is 1.56. The first-order valence-electron chi connectivity index (χ1n) is 6.80. The lowest BCUT2D eigenvalue weighted by Crippen LogP contribution is -2.33.